The first-order chi connectivity index (χ1) is 10.1. The van der Waals surface area contributed by atoms with Gasteiger partial charge in [0.25, 0.3) is 0 Å². The Kier molecular flexibility index (Phi) is 5.70. The van der Waals surface area contributed by atoms with Gasteiger partial charge in [0.1, 0.15) is 5.82 Å². The van der Waals surface area contributed by atoms with Crippen LogP contribution in [0.15, 0.2) is 24.3 Å². The van der Waals surface area contributed by atoms with E-state index in [-0.39, 0.29) is 24.4 Å². The molecule has 2 atom stereocenters. The zero-order valence-corrected chi connectivity index (χ0v) is 12.4. The Balaban J connectivity index is 1.73. The molecule has 1 aromatic carbocycles. The molecule has 2 N–H and O–H groups in total. The van der Waals surface area contributed by atoms with Gasteiger partial charge in [0.2, 0.25) is 5.91 Å². The van der Waals surface area contributed by atoms with Gasteiger partial charge in [0.15, 0.2) is 0 Å². The Hall–Kier alpha value is -1.46. The van der Waals surface area contributed by atoms with E-state index in [4.69, 9.17) is 5.11 Å². The van der Waals surface area contributed by atoms with Gasteiger partial charge in [-0.1, -0.05) is 12.1 Å². The van der Waals surface area contributed by atoms with Gasteiger partial charge in [-0.3, -0.25) is 9.69 Å². The summed E-state index contributed by atoms with van der Waals surface area (Å²) in [6.07, 6.45) is 1.64. The first-order valence-electron chi connectivity index (χ1n) is 7.47. The van der Waals surface area contributed by atoms with Crippen molar-refractivity contribution in [3.05, 3.63) is 35.6 Å². The van der Waals surface area contributed by atoms with Gasteiger partial charge in [-0.25, -0.2) is 4.39 Å². The third-order valence-electron chi connectivity index (χ3n) is 4.13. The maximum absolute atomic E-state index is 12.8. The van der Waals surface area contributed by atoms with Crippen molar-refractivity contribution >= 4 is 5.91 Å². The van der Waals surface area contributed by atoms with Crippen LogP contribution in [0.25, 0.3) is 0 Å². The number of amides is 1. The number of likely N-dealkylation sites (tertiary alicyclic amines) is 1. The molecule has 1 fully saturated rings. The quantitative estimate of drug-likeness (QED) is 0.828. The van der Waals surface area contributed by atoms with Crippen molar-refractivity contribution in [3.8, 4) is 0 Å². The number of nitrogens with one attached hydrogen (secondary N) is 1. The molecule has 1 aliphatic heterocycles. The molecule has 0 bridgehead atoms. The summed E-state index contributed by atoms with van der Waals surface area (Å²) >= 11 is 0. The Labute approximate surface area is 125 Å². The molecule has 0 aromatic heterocycles. The smallest absolute Gasteiger partial charge is 0.237 e. The van der Waals surface area contributed by atoms with Gasteiger partial charge in [0.05, 0.1) is 6.04 Å². The van der Waals surface area contributed by atoms with Gasteiger partial charge in [-0.15, -0.1) is 0 Å². The monoisotopic (exact) mass is 294 g/mol. The highest BCUT2D eigenvalue weighted by Crippen LogP contribution is 2.17. The van der Waals surface area contributed by atoms with Crippen LogP contribution in [0.2, 0.25) is 0 Å². The van der Waals surface area contributed by atoms with Crippen molar-refractivity contribution in [2.75, 3.05) is 26.2 Å². The largest absolute Gasteiger partial charge is 0.396 e. The molecule has 1 aromatic rings. The maximum Gasteiger partial charge on any atom is 0.237 e. The van der Waals surface area contributed by atoms with Gasteiger partial charge in [0, 0.05) is 19.7 Å². The molecule has 4 nitrogen and oxygen atoms in total. The molecule has 116 valence electrons. The number of aliphatic hydroxyl groups excluding tert-OH is 1. The molecule has 1 aliphatic rings. The van der Waals surface area contributed by atoms with E-state index in [9.17, 15) is 9.18 Å². The second kappa shape index (κ2) is 7.52. The summed E-state index contributed by atoms with van der Waals surface area (Å²) < 4.78 is 12.8. The predicted molar refractivity (Wildman–Crippen MR) is 79.3 cm³/mol. The van der Waals surface area contributed by atoms with Crippen LogP contribution < -0.4 is 5.32 Å². The van der Waals surface area contributed by atoms with Crippen LogP contribution >= 0.6 is 0 Å². The van der Waals surface area contributed by atoms with Crippen molar-refractivity contribution in [2.24, 2.45) is 5.92 Å². The Bertz CT molecular complexity index is 464. The zero-order valence-electron chi connectivity index (χ0n) is 12.4. The maximum atomic E-state index is 12.8. The molecule has 0 radical (unpaired) electrons. The third-order valence-corrected chi connectivity index (χ3v) is 4.13. The van der Waals surface area contributed by atoms with E-state index in [0.29, 0.717) is 18.9 Å². The number of nitrogens with zero attached hydrogens (tertiary/aromatic N) is 1. The second-order valence-electron chi connectivity index (χ2n) is 5.68. The van der Waals surface area contributed by atoms with E-state index in [1.807, 2.05) is 6.92 Å². The van der Waals surface area contributed by atoms with Gasteiger partial charge in [-0.05, 0) is 49.9 Å². The van der Waals surface area contributed by atoms with Crippen LogP contribution in [0.5, 0.6) is 0 Å². The number of aliphatic hydroxyl groups is 1. The van der Waals surface area contributed by atoms with Crippen LogP contribution in [0.1, 0.15) is 18.9 Å². The lowest BCUT2D eigenvalue weighted by Gasteiger charge is -2.23. The number of carbonyl (C=O) groups excluding carboxylic acids is 1. The molecule has 0 saturated carbocycles. The Morgan fingerprint density at radius 1 is 1.48 bits per heavy atom. The van der Waals surface area contributed by atoms with E-state index >= 15 is 0 Å². The summed E-state index contributed by atoms with van der Waals surface area (Å²) in [4.78, 5) is 14.2. The minimum absolute atomic E-state index is 0.00991. The number of benzene rings is 1. The summed E-state index contributed by atoms with van der Waals surface area (Å²) in [5.74, 6) is 0.0547. The predicted octanol–water partition coefficient (Wildman–Crippen LogP) is 1.19. The minimum atomic E-state index is -0.246. The summed E-state index contributed by atoms with van der Waals surface area (Å²) in [6.45, 7) is 4.27. The minimum Gasteiger partial charge on any atom is -0.396 e. The first kappa shape index (κ1) is 15.9. The fourth-order valence-electron chi connectivity index (χ4n) is 2.66. The zero-order chi connectivity index (χ0) is 15.2. The highest BCUT2D eigenvalue weighted by molar-refractivity contribution is 5.81. The highest BCUT2D eigenvalue weighted by atomic mass is 19.1. The van der Waals surface area contributed by atoms with Crippen molar-refractivity contribution in [1.82, 2.24) is 10.2 Å². The highest BCUT2D eigenvalue weighted by Gasteiger charge is 2.28. The SMILES string of the molecule is CC(C(=O)NCCc1ccc(F)cc1)N1CCC(CO)C1. The van der Waals surface area contributed by atoms with Crippen LogP contribution in [-0.2, 0) is 11.2 Å². The topological polar surface area (TPSA) is 52.6 Å². The van der Waals surface area contributed by atoms with E-state index in [0.717, 1.165) is 25.1 Å². The van der Waals surface area contributed by atoms with Gasteiger partial charge < -0.3 is 10.4 Å². The molecule has 21 heavy (non-hydrogen) atoms. The van der Waals surface area contributed by atoms with Crippen molar-refractivity contribution in [2.45, 2.75) is 25.8 Å². The van der Waals surface area contributed by atoms with Gasteiger partial charge >= 0.3 is 0 Å². The van der Waals surface area contributed by atoms with Crippen LogP contribution in [-0.4, -0.2) is 48.2 Å². The van der Waals surface area contributed by atoms with Gasteiger partial charge in [-0.2, -0.15) is 0 Å². The lowest BCUT2D eigenvalue weighted by Crippen LogP contribution is -2.44. The third kappa shape index (κ3) is 4.51. The molecule has 1 saturated heterocycles. The molecule has 2 rings (SSSR count). The van der Waals surface area contributed by atoms with E-state index < -0.39 is 0 Å². The Morgan fingerprint density at radius 2 is 2.19 bits per heavy atom. The molecule has 0 aliphatic carbocycles. The average Bonchev–Trinajstić information content (AvgIpc) is 2.97. The summed E-state index contributed by atoms with van der Waals surface area (Å²) in [5, 5.41) is 12.1. The number of halogens is 1. The molecular weight excluding hydrogens is 271 g/mol. The standard InChI is InChI=1S/C16H23FN2O2/c1-12(19-9-7-14(10-19)11-20)16(21)18-8-6-13-2-4-15(17)5-3-13/h2-5,12,14,20H,6-11H2,1H3,(H,18,21). The van der Waals surface area contributed by atoms with Crippen molar-refractivity contribution in [3.63, 3.8) is 0 Å². The van der Waals surface area contributed by atoms with Crippen LogP contribution in [0, 0.1) is 11.7 Å². The average molecular weight is 294 g/mol. The van der Waals surface area contributed by atoms with Crippen LogP contribution in [0.4, 0.5) is 4.39 Å². The number of hydrogen-bond acceptors (Lipinski definition) is 3. The first-order valence-corrected chi connectivity index (χ1v) is 7.47. The molecule has 2 unspecified atom stereocenters. The molecular formula is C16H23FN2O2. The van der Waals surface area contributed by atoms with E-state index in [1.165, 1.54) is 12.1 Å². The molecule has 0 spiro atoms. The normalized spacial score (nSPS) is 20.4. The number of hydrogen-bond donors (Lipinski definition) is 2. The number of carbonyl (C=O) groups is 1. The summed E-state index contributed by atoms with van der Waals surface area (Å²) in [5.41, 5.74) is 1.01. The molecule has 5 heteroatoms. The fraction of sp³-hybridized carbons (Fsp3) is 0.562. The Morgan fingerprint density at radius 3 is 2.81 bits per heavy atom. The molecule has 1 heterocycles. The van der Waals surface area contributed by atoms with Crippen molar-refractivity contribution < 1.29 is 14.3 Å². The second-order valence-corrected chi connectivity index (χ2v) is 5.68. The van der Waals surface area contributed by atoms with E-state index in [2.05, 4.69) is 10.2 Å². The molecule has 1 amide bonds. The summed E-state index contributed by atoms with van der Waals surface area (Å²) in [7, 11) is 0. The summed E-state index contributed by atoms with van der Waals surface area (Å²) in [6, 6.07) is 6.15. The number of rotatable bonds is 6. The lowest BCUT2D eigenvalue weighted by atomic mass is 10.1. The van der Waals surface area contributed by atoms with Crippen LogP contribution in [0.3, 0.4) is 0 Å². The lowest BCUT2D eigenvalue weighted by molar-refractivity contribution is -0.125. The fourth-order valence-corrected chi connectivity index (χ4v) is 2.66. The van der Waals surface area contributed by atoms with E-state index in [1.54, 1.807) is 12.1 Å². The van der Waals surface area contributed by atoms with Crippen molar-refractivity contribution in [1.29, 1.82) is 0 Å².